The van der Waals surface area contributed by atoms with Gasteiger partial charge < -0.3 is 10.2 Å². The Hall–Kier alpha value is -2.94. The topological polar surface area (TPSA) is 86.8 Å². The van der Waals surface area contributed by atoms with Gasteiger partial charge in [0, 0.05) is 13.1 Å². The number of halogens is 1. The number of benzene rings is 2. The fraction of sp³-hybridized carbons (Fsp3) is 0.462. The van der Waals surface area contributed by atoms with Gasteiger partial charge in [0.25, 0.3) is 0 Å². The number of hydrogen-bond acceptors (Lipinski definition) is 4. The number of sulfonamides is 1. The van der Waals surface area contributed by atoms with Gasteiger partial charge in [-0.05, 0) is 61.6 Å². The van der Waals surface area contributed by atoms with Crippen LogP contribution in [0.5, 0.6) is 0 Å². The van der Waals surface area contributed by atoms with Crippen molar-refractivity contribution in [1.29, 1.82) is 0 Å². The van der Waals surface area contributed by atoms with Crippen molar-refractivity contribution in [3.63, 3.8) is 0 Å². The number of aryl methyl sites for hydroxylation is 2. The first-order valence-corrected chi connectivity index (χ1v) is 13.7. The van der Waals surface area contributed by atoms with E-state index in [1.165, 1.54) is 17.0 Å². The van der Waals surface area contributed by atoms with E-state index >= 15 is 0 Å². The van der Waals surface area contributed by atoms with Crippen LogP contribution in [0.15, 0.2) is 42.5 Å². The third-order valence-corrected chi connectivity index (χ3v) is 6.92. The smallest absolute Gasteiger partial charge is 0.244 e. The first kappa shape index (κ1) is 28.3. The Morgan fingerprint density at radius 1 is 1.06 bits per heavy atom. The van der Waals surface area contributed by atoms with Crippen LogP contribution in [0.3, 0.4) is 0 Å². The van der Waals surface area contributed by atoms with E-state index in [1.54, 1.807) is 38.1 Å². The predicted octanol–water partition coefficient (Wildman–Crippen LogP) is 3.93. The zero-order valence-electron chi connectivity index (χ0n) is 21.2. The number of unbranched alkanes of at least 4 members (excludes halogenated alkanes) is 1. The summed E-state index contributed by atoms with van der Waals surface area (Å²) in [6.07, 6.45) is 3.12. The maximum atomic E-state index is 13.6. The van der Waals surface area contributed by atoms with Crippen molar-refractivity contribution in [1.82, 2.24) is 10.2 Å². The van der Waals surface area contributed by atoms with Crippen LogP contribution in [0.2, 0.25) is 0 Å². The second-order valence-corrected chi connectivity index (χ2v) is 10.7. The fourth-order valence-electron chi connectivity index (χ4n) is 3.80. The van der Waals surface area contributed by atoms with Crippen molar-refractivity contribution in [3.8, 4) is 0 Å². The largest absolute Gasteiger partial charge is 0.354 e. The summed E-state index contributed by atoms with van der Waals surface area (Å²) in [7, 11) is -3.80. The summed E-state index contributed by atoms with van der Waals surface area (Å²) in [6.45, 7) is 7.52. The lowest BCUT2D eigenvalue weighted by molar-refractivity contribution is -0.140. The quantitative estimate of drug-likeness (QED) is 0.443. The Balaban J connectivity index is 2.43. The van der Waals surface area contributed by atoms with E-state index in [2.05, 4.69) is 5.32 Å². The lowest BCUT2D eigenvalue weighted by Crippen LogP contribution is -2.52. The van der Waals surface area contributed by atoms with Crippen LogP contribution in [0.4, 0.5) is 10.1 Å². The van der Waals surface area contributed by atoms with Gasteiger partial charge in [0.15, 0.2) is 0 Å². The van der Waals surface area contributed by atoms with Gasteiger partial charge in [-0.1, -0.05) is 44.5 Å². The van der Waals surface area contributed by atoms with Gasteiger partial charge >= 0.3 is 0 Å². The van der Waals surface area contributed by atoms with Gasteiger partial charge in [-0.3, -0.25) is 13.9 Å². The van der Waals surface area contributed by atoms with Gasteiger partial charge in [0.1, 0.15) is 18.4 Å². The molecule has 0 radical (unpaired) electrons. The minimum atomic E-state index is -3.80. The van der Waals surface area contributed by atoms with Crippen LogP contribution in [-0.2, 0) is 26.2 Å². The van der Waals surface area contributed by atoms with Crippen LogP contribution in [-0.4, -0.2) is 50.5 Å². The molecule has 0 spiro atoms. The summed E-state index contributed by atoms with van der Waals surface area (Å²) in [4.78, 5) is 28.0. The Morgan fingerprint density at radius 2 is 1.71 bits per heavy atom. The van der Waals surface area contributed by atoms with Crippen molar-refractivity contribution >= 4 is 27.5 Å². The van der Waals surface area contributed by atoms with Crippen LogP contribution in [0.1, 0.15) is 49.8 Å². The Labute approximate surface area is 208 Å². The number of carbonyl (C=O) groups is 2. The van der Waals surface area contributed by atoms with E-state index in [0.29, 0.717) is 29.8 Å². The van der Waals surface area contributed by atoms with Gasteiger partial charge in [-0.25, -0.2) is 12.8 Å². The van der Waals surface area contributed by atoms with E-state index in [1.807, 2.05) is 19.9 Å². The monoisotopic (exact) mass is 505 g/mol. The van der Waals surface area contributed by atoms with Crippen molar-refractivity contribution in [2.24, 2.45) is 0 Å². The zero-order valence-corrected chi connectivity index (χ0v) is 22.0. The molecule has 0 aliphatic heterocycles. The van der Waals surface area contributed by atoms with Gasteiger partial charge in [0.2, 0.25) is 21.8 Å². The normalized spacial score (nSPS) is 12.2. The number of amides is 2. The summed E-state index contributed by atoms with van der Waals surface area (Å²) in [5.74, 6) is -1.22. The average molecular weight is 506 g/mol. The highest BCUT2D eigenvalue weighted by molar-refractivity contribution is 7.92. The molecule has 2 aromatic rings. The van der Waals surface area contributed by atoms with Crippen molar-refractivity contribution < 1.29 is 22.4 Å². The highest BCUT2D eigenvalue weighted by Gasteiger charge is 2.32. The lowest BCUT2D eigenvalue weighted by Gasteiger charge is -2.33. The Kier molecular flexibility index (Phi) is 10.2. The standard InChI is InChI=1S/C26H36FN3O4S/c1-6-8-15-28-26(32)23(7-2)29(17-21-11-13-22(27)14-12-21)25(31)18-30(35(5,33)34)24-16-19(3)9-10-20(24)4/h9-14,16,23H,6-8,15,17-18H2,1-5H3,(H,28,32). The van der Waals surface area contributed by atoms with E-state index in [9.17, 15) is 22.4 Å². The molecule has 0 bridgehead atoms. The Bertz CT molecular complexity index is 1120. The lowest BCUT2D eigenvalue weighted by atomic mass is 10.1. The first-order valence-electron chi connectivity index (χ1n) is 11.8. The number of nitrogens with zero attached hydrogens (tertiary/aromatic N) is 2. The van der Waals surface area contributed by atoms with Gasteiger partial charge in [-0.15, -0.1) is 0 Å². The highest BCUT2D eigenvalue weighted by atomic mass is 32.2. The second kappa shape index (κ2) is 12.7. The predicted molar refractivity (Wildman–Crippen MR) is 137 cm³/mol. The highest BCUT2D eigenvalue weighted by Crippen LogP contribution is 2.25. The average Bonchev–Trinajstić information content (AvgIpc) is 2.79. The van der Waals surface area contributed by atoms with Crippen LogP contribution >= 0.6 is 0 Å². The maximum Gasteiger partial charge on any atom is 0.244 e. The number of carbonyl (C=O) groups excluding carboxylic acids is 2. The molecule has 1 N–H and O–H groups in total. The molecule has 2 rings (SSSR count). The molecular formula is C26H36FN3O4S. The zero-order chi connectivity index (χ0) is 26.2. The van der Waals surface area contributed by atoms with Crippen molar-refractivity contribution in [3.05, 3.63) is 65.0 Å². The molecule has 7 nitrogen and oxygen atoms in total. The molecule has 35 heavy (non-hydrogen) atoms. The summed E-state index contributed by atoms with van der Waals surface area (Å²) in [6, 6.07) is 10.3. The minimum absolute atomic E-state index is 0.0449. The van der Waals surface area contributed by atoms with E-state index < -0.39 is 34.3 Å². The molecule has 1 unspecified atom stereocenters. The van der Waals surface area contributed by atoms with E-state index in [-0.39, 0.29) is 12.5 Å². The van der Waals surface area contributed by atoms with E-state index in [0.717, 1.165) is 29.0 Å². The summed E-state index contributed by atoms with van der Waals surface area (Å²) >= 11 is 0. The third kappa shape index (κ3) is 8.06. The fourth-order valence-corrected chi connectivity index (χ4v) is 4.69. The molecule has 0 saturated carbocycles. The summed E-state index contributed by atoms with van der Waals surface area (Å²) in [5.41, 5.74) is 2.63. The first-order chi connectivity index (χ1) is 16.5. The second-order valence-electron chi connectivity index (χ2n) is 8.78. The molecule has 0 aromatic heterocycles. The summed E-state index contributed by atoms with van der Waals surface area (Å²) in [5, 5.41) is 2.87. The number of rotatable bonds is 12. The SMILES string of the molecule is CCCCNC(=O)C(CC)N(Cc1ccc(F)cc1)C(=O)CN(c1cc(C)ccc1C)S(C)(=O)=O. The maximum absolute atomic E-state index is 13.6. The van der Waals surface area contributed by atoms with Crippen molar-refractivity contribution in [2.45, 2.75) is 59.5 Å². The van der Waals surface area contributed by atoms with Crippen LogP contribution in [0.25, 0.3) is 0 Å². The van der Waals surface area contributed by atoms with E-state index in [4.69, 9.17) is 0 Å². The van der Waals surface area contributed by atoms with Crippen LogP contribution in [0, 0.1) is 19.7 Å². The van der Waals surface area contributed by atoms with Gasteiger partial charge in [0.05, 0.1) is 11.9 Å². The number of hydrogen-bond donors (Lipinski definition) is 1. The third-order valence-electron chi connectivity index (χ3n) is 5.79. The molecule has 1 atom stereocenters. The molecule has 0 aliphatic rings. The molecule has 0 aliphatic carbocycles. The molecular weight excluding hydrogens is 469 g/mol. The van der Waals surface area contributed by atoms with Crippen molar-refractivity contribution in [2.75, 3.05) is 23.7 Å². The molecule has 9 heteroatoms. The van der Waals surface area contributed by atoms with Crippen LogP contribution < -0.4 is 9.62 Å². The molecule has 192 valence electrons. The number of nitrogens with one attached hydrogen (secondary N) is 1. The molecule has 2 aromatic carbocycles. The Morgan fingerprint density at radius 3 is 2.29 bits per heavy atom. The molecule has 0 saturated heterocycles. The molecule has 0 fully saturated rings. The number of anilines is 1. The molecule has 2 amide bonds. The summed E-state index contributed by atoms with van der Waals surface area (Å²) < 4.78 is 40.0. The minimum Gasteiger partial charge on any atom is -0.354 e. The van der Waals surface area contributed by atoms with Gasteiger partial charge in [-0.2, -0.15) is 0 Å². The molecule has 0 heterocycles.